The van der Waals surface area contributed by atoms with Crippen LogP contribution in [0.1, 0.15) is 6.93 Å². The number of hydrogen-bond acceptors (Lipinski definition) is 3. The van der Waals surface area contributed by atoms with Gasteiger partial charge in [0.25, 0.3) is 0 Å². The summed E-state index contributed by atoms with van der Waals surface area (Å²) in [5, 5.41) is 3.66. The number of furan rings is 1. The van der Waals surface area contributed by atoms with E-state index >= 15 is 0 Å². The first-order valence-corrected chi connectivity index (χ1v) is 15.5. The molecule has 187 valence electrons. The molecule has 0 unspecified atom stereocenters. The van der Waals surface area contributed by atoms with Crippen molar-refractivity contribution in [2.45, 2.75) is 26.6 Å². The first-order chi connectivity index (χ1) is 17.8. The Bertz CT molecular complexity index is 1680. The SMILES string of the molecule is Cc1ccc(-c2[c-]cccc2)nc1.[2H]c1ccnc(-c2[c-]cc([Si](C)(C)C)c3c2oc2ccccc23)c1.[Ir]. The van der Waals surface area contributed by atoms with Gasteiger partial charge in [-0.1, -0.05) is 73.0 Å². The van der Waals surface area contributed by atoms with Crippen LogP contribution in [0.2, 0.25) is 19.6 Å². The first-order valence-electron chi connectivity index (χ1n) is 12.5. The van der Waals surface area contributed by atoms with Gasteiger partial charge >= 0.3 is 0 Å². The maximum atomic E-state index is 7.86. The maximum absolute atomic E-state index is 7.86. The van der Waals surface area contributed by atoms with Crippen molar-refractivity contribution < 1.29 is 25.9 Å². The van der Waals surface area contributed by atoms with Crippen molar-refractivity contribution in [3.63, 3.8) is 0 Å². The van der Waals surface area contributed by atoms with E-state index in [9.17, 15) is 0 Å². The quantitative estimate of drug-likeness (QED) is 0.142. The molecule has 3 aromatic heterocycles. The molecule has 0 aliphatic heterocycles. The van der Waals surface area contributed by atoms with Crippen LogP contribution in [0, 0.1) is 19.1 Å². The summed E-state index contributed by atoms with van der Waals surface area (Å²) in [6.45, 7) is 9.03. The van der Waals surface area contributed by atoms with E-state index in [1.54, 1.807) is 18.3 Å². The molecular formula is C32H28IrN2OSi-2. The van der Waals surface area contributed by atoms with Gasteiger partial charge in [0, 0.05) is 46.0 Å². The van der Waals surface area contributed by atoms with Crippen molar-refractivity contribution in [1.29, 1.82) is 0 Å². The van der Waals surface area contributed by atoms with Crippen LogP contribution >= 0.6 is 0 Å². The van der Waals surface area contributed by atoms with Gasteiger partial charge < -0.3 is 14.4 Å². The van der Waals surface area contributed by atoms with Gasteiger partial charge in [0.1, 0.15) is 5.58 Å². The van der Waals surface area contributed by atoms with Crippen LogP contribution in [0.5, 0.6) is 0 Å². The second-order valence-electron chi connectivity index (χ2n) is 9.77. The Balaban J connectivity index is 0.000000204. The fourth-order valence-electron chi connectivity index (χ4n) is 4.19. The molecule has 0 bridgehead atoms. The number of rotatable bonds is 3. The summed E-state index contributed by atoms with van der Waals surface area (Å²) in [5.41, 5.74) is 6.48. The summed E-state index contributed by atoms with van der Waals surface area (Å²) in [5.74, 6) is 0. The Morgan fingerprint density at radius 3 is 2.38 bits per heavy atom. The van der Waals surface area contributed by atoms with Crippen LogP contribution in [-0.4, -0.2) is 18.0 Å². The molecule has 0 spiro atoms. The van der Waals surface area contributed by atoms with Gasteiger partial charge in [-0.05, 0) is 36.0 Å². The summed E-state index contributed by atoms with van der Waals surface area (Å²) in [6, 6.07) is 32.6. The van der Waals surface area contributed by atoms with Crippen LogP contribution in [0.15, 0.2) is 102 Å². The molecule has 0 aliphatic carbocycles. The smallest absolute Gasteiger partial charge is 0.120 e. The molecule has 0 N–H and O–H groups in total. The molecule has 3 heterocycles. The van der Waals surface area contributed by atoms with Crippen molar-refractivity contribution in [2.75, 3.05) is 0 Å². The second-order valence-corrected chi connectivity index (χ2v) is 14.8. The van der Waals surface area contributed by atoms with Gasteiger partial charge in [-0.25, -0.2) is 0 Å². The van der Waals surface area contributed by atoms with E-state index in [0.717, 1.165) is 39.1 Å². The normalized spacial score (nSPS) is 11.4. The Kier molecular flexibility index (Phi) is 7.75. The van der Waals surface area contributed by atoms with E-state index in [2.05, 4.69) is 59.9 Å². The van der Waals surface area contributed by atoms with E-state index in [4.69, 9.17) is 5.79 Å². The molecule has 1 radical (unpaired) electrons. The largest absolute Gasteiger partial charge is 0.501 e. The van der Waals surface area contributed by atoms with Crippen molar-refractivity contribution in [3.8, 4) is 22.5 Å². The molecule has 3 aromatic carbocycles. The molecule has 5 heteroatoms. The van der Waals surface area contributed by atoms with Gasteiger partial charge in [0.15, 0.2) is 0 Å². The molecule has 0 saturated carbocycles. The van der Waals surface area contributed by atoms with Crippen LogP contribution in [0.4, 0.5) is 0 Å². The third kappa shape index (κ3) is 5.80. The number of aryl methyl sites for hydroxylation is 1. The number of nitrogens with zero attached hydrogens (tertiary/aromatic N) is 2. The van der Waals surface area contributed by atoms with Crippen molar-refractivity contribution in [2.24, 2.45) is 0 Å². The van der Waals surface area contributed by atoms with Gasteiger partial charge in [-0.3, -0.25) is 0 Å². The molecule has 0 atom stereocenters. The molecule has 0 aliphatic rings. The van der Waals surface area contributed by atoms with Crippen molar-refractivity contribution in [1.82, 2.24) is 9.97 Å². The minimum atomic E-state index is -1.56. The van der Waals surface area contributed by atoms with E-state index < -0.39 is 8.07 Å². The number of pyridine rings is 2. The summed E-state index contributed by atoms with van der Waals surface area (Å²) >= 11 is 0. The zero-order chi connectivity index (χ0) is 26.0. The average molecular weight is 678 g/mol. The van der Waals surface area contributed by atoms with Crippen LogP contribution in [0.3, 0.4) is 0 Å². The summed E-state index contributed by atoms with van der Waals surface area (Å²) < 4.78 is 14.1. The van der Waals surface area contributed by atoms with E-state index in [-0.39, 0.29) is 20.1 Å². The zero-order valence-electron chi connectivity index (χ0n) is 22.3. The van der Waals surface area contributed by atoms with E-state index in [0.29, 0.717) is 6.04 Å². The average Bonchev–Trinajstić information content (AvgIpc) is 3.28. The topological polar surface area (TPSA) is 38.9 Å². The summed E-state index contributed by atoms with van der Waals surface area (Å²) in [4.78, 5) is 8.74. The first kappa shape index (κ1) is 25.3. The molecule has 37 heavy (non-hydrogen) atoms. The Morgan fingerprint density at radius 2 is 1.68 bits per heavy atom. The van der Waals surface area contributed by atoms with Gasteiger partial charge in [-0.2, -0.15) is 0 Å². The number of benzene rings is 3. The molecule has 0 amide bonds. The Hall–Kier alpha value is -3.37. The number of aromatic nitrogens is 2. The summed E-state index contributed by atoms with van der Waals surface area (Å²) in [6.07, 6.45) is 3.53. The number of para-hydroxylation sites is 1. The van der Waals surface area contributed by atoms with Gasteiger partial charge in [0.2, 0.25) is 0 Å². The second kappa shape index (κ2) is 11.3. The molecule has 3 nitrogen and oxygen atoms in total. The maximum Gasteiger partial charge on any atom is 0.120 e. The van der Waals surface area contributed by atoms with Crippen molar-refractivity contribution in [3.05, 3.63) is 115 Å². The molecular weight excluding hydrogens is 649 g/mol. The van der Waals surface area contributed by atoms with Gasteiger partial charge in [0.05, 0.1) is 6.95 Å². The summed E-state index contributed by atoms with van der Waals surface area (Å²) in [7, 11) is -1.56. The predicted molar refractivity (Wildman–Crippen MR) is 152 cm³/mol. The molecule has 0 saturated heterocycles. The number of hydrogen-bond donors (Lipinski definition) is 0. The Labute approximate surface area is 234 Å². The number of fused-ring (bicyclic) bond motifs is 3. The van der Waals surface area contributed by atoms with Gasteiger partial charge in [-0.15, -0.1) is 53.2 Å². The van der Waals surface area contributed by atoms with Crippen LogP contribution in [-0.2, 0) is 20.1 Å². The third-order valence-electron chi connectivity index (χ3n) is 6.02. The zero-order valence-corrected chi connectivity index (χ0v) is 24.7. The minimum Gasteiger partial charge on any atom is -0.501 e. The van der Waals surface area contributed by atoms with Crippen LogP contribution < -0.4 is 5.19 Å². The minimum absolute atomic E-state index is 0. The molecule has 6 aromatic rings. The standard InChI is InChI=1S/C20H18NOSi.C12H10N.Ir/c1-23(2,3)18-12-11-14(16-9-6-7-13-21-16)20-19(18)15-8-4-5-10-17(15)22-20;1-10-7-8-12(13-9-10)11-5-3-2-4-6-11;/h4-10,12-13H,1-3H3;2-5,7-9H,1H3;/q2*-1;/i6D;;. The fourth-order valence-corrected chi connectivity index (χ4v) is 5.70. The predicted octanol–water partition coefficient (Wildman–Crippen LogP) is 7.85. The van der Waals surface area contributed by atoms with Crippen molar-refractivity contribution >= 4 is 35.2 Å². The monoisotopic (exact) mass is 678 g/mol. The van der Waals surface area contributed by atoms with Crippen LogP contribution in [0.25, 0.3) is 44.5 Å². The van der Waals surface area contributed by atoms with E-state index in [1.807, 2.05) is 61.7 Å². The molecule has 6 rings (SSSR count). The Morgan fingerprint density at radius 1 is 0.865 bits per heavy atom. The molecule has 0 fully saturated rings. The third-order valence-corrected chi connectivity index (χ3v) is 8.03. The van der Waals surface area contributed by atoms with E-state index in [1.165, 1.54) is 16.1 Å². The fraction of sp³-hybridized carbons (Fsp3) is 0.125.